The largest absolute Gasteiger partial charge is 0.371 e. The summed E-state index contributed by atoms with van der Waals surface area (Å²) in [6.45, 7) is 8.60. The summed E-state index contributed by atoms with van der Waals surface area (Å²) in [4.78, 5) is 2.38. The molecule has 1 rings (SSSR count). The fourth-order valence-electron chi connectivity index (χ4n) is 2.08. The zero-order valence-electron chi connectivity index (χ0n) is 12.3. The number of aryl methyl sites for hydroxylation is 1. The molecule has 1 atom stereocenters. The number of rotatable bonds is 7. The Kier molecular flexibility index (Phi) is 6.58. The fourth-order valence-corrected chi connectivity index (χ4v) is 2.79. The Morgan fingerprint density at radius 1 is 1.39 bits per heavy atom. The van der Waals surface area contributed by atoms with E-state index in [1.54, 1.807) is 0 Å². The maximum atomic E-state index is 3.37. The van der Waals surface area contributed by atoms with E-state index in [9.17, 15) is 0 Å². The Bertz CT molecular complexity index is 366. The second-order valence-electron chi connectivity index (χ2n) is 4.82. The maximum absolute atomic E-state index is 3.37. The van der Waals surface area contributed by atoms with Crippen LogP contribution in [0.25, 0.3) is 0 Å². The van der Waals surface area contributed by atoms with Crippen LogP contribution >= 0.6 is 11.8 Å². The average molecular weight is 266 g/mol. The number of benzene rings is 1. The molecule has 102 valence electrons. The van der Waals surface area contributed by atoms with E-state index in [0.29, 0.717) is 6.04 Å². The monoisotopic (exact) mass is 266 g/mol. The molecule has 0 saturated carbocycles. The summed E-state index contributed by atoms with van der Waals surface area (Å²) in [6.07, 6.45) is 2.16. The number of nitrogens with zero attached hydrogens (tertiary/aromatic N) is 1. The van der Waals surface area contributed by atoms with Crippen molar-refractivity contribution in [2.24, 2.45) is 0 Å². The highest BCUT2D eigenvalue weighted by atomic mass is 32.2. The van der Waals surface area contributed by atoms with Crippen LogP contribution in [0.15, 0.2) is 18.2 Å². The van der Waals surface area contributed by atoms with Crippen LogP contribution in [0.4, 0.5) is 5.69 Å². The van der Waals surface area contributed by atoms with Gasteiger partial charge < -0.3 is 10.2 Å². The predicted octanol–water partition coefficient (Wildman–Crippen LogP) is 3.29. The van der Waals surface area contributed by atoms with Gasteiger partial charge in [-0.2, -0.15) is 11.8 Å². The summed E-state index contributed by atoms with van der Waals surface area (Å²) in [7, 11) is 2.19. The van der Waals surface area contributed by atoms with E-state index >= 15 is 0 Å². The molecule has 1 unspecified atom stereocenters. The lowest BCUT2D eigenvalue weighted by molar-refractivity contribution is 0.725. The Hall–Kier alpha value is -0.670. The lowest BCUT2D eigenvalue weighted by Crippen LogP contribution is -2.31. The van der Waals surface area contributed by atoms with E-state index in [0.717, 1.165) is 18.8 Å². The molecule has 0 spiro atoms. The Labute approximate surface area is 116 Å². The minimum atomic E-state index is 0.568. The summed E-state index contributed by atoms with van der Waals surface area (Å²) < 4.78 is 0. The number of nitrogens with one attached hydrogen (secondary N) is 1. The van der Waals surface area contributed by atoms with Crippen molar-refractivity contribution in [3.63, 3.8) is 0 Å². The van der Waals surface area contributed by atoms with Crippen molar-refractivity contribution in [2.45, 2.75) is 33.4 Å². The highest BCUT2D eigenvalue weighted by Gasteiger charge is 2.11. The standard InChI is InChI=1S/C15H26N2S/c1-6-16-10-14-7-8-15(12(2)9-14)17(4)13(3)11-18-5/h7-9,13,16H,6,10-11H2,1-5H3. The molecule has 2 nitrogen and oxygen atoms in total. The van der Waals surface area contributed by atoms with Crippen LogP contribution in [0.1, 0.15) is 25.0 Å². The molecule has 1 aromatic rings. The average Bonchev–Trinajstić information content (AvgIpc) is 2.36. The maximum Gasteiger partial charge on any atom is 0.0396 e. The van der Waals surface area contributed by atoms with E-state index < -0.39 is 0 Å². The van der Waals surface area contributed by atoms with Crippen LogP contribution in [-0.2, 0) is 6.54 Å². The molecule has 0 aliphatic heterocycles. The lowest BCUT2D eigenvalue weighted by atomic mass is 10.1. The van der Waals surface area contributed by atoms with Gasteiger partial charge in [-0.15, -0.1) is 0 Å². The minimum Gasteiger partial charge on any atom is -0.371 e. The summed E-state index contributed by atoms with van der Waals surface area (Å²) in [5.41, 5.74) is 4.07. The highest BCUT2D eigenvalue weighted by molar-refractivity contribution is 7.98. The van der Waals surface area contributed by atoms with Gasteiger partial charge in [0.1, 0.15) is 0 Å². The molecule has 1 N–H and O–H groups in total. The number of anilines is 1. The third kappa shape index (κ3) is 4.21. The van der Waals surface area contributed by atoms with Gasteiger partial charge in [0.2, 0.25) is 0 Å². The summed E-state index contributed by atoms with van der Waals surface area (Å²) in [5.74, 6) is 1.16. The van der Waals surface area contributed by atoms with Gasteiger partial charge in [-0.25, -0.2) is 0 Å². The zero-order valence-corrected chi connectivity index (χ0v) is 13.1. The van der Waals surface area contributed by atoms with Crippen LogP contribution in [0.2, 0.25) is 0 Å². The SMILES string of the molecule is CCNCc1ccc(N(C)C(C)CSC)c(C)c1. The highest BCUT2D eigenvalue weighted by Crippen LogP contribution is 2.22. The van der Waals surface area contributed by atoms with Crippen molar-refractivity contribution >= 4 is 17.4 Å². The Morgan fingerprint density at radius 3 is 2.67 bits per heavy atom. The zero-order chi connectivity index (χ0) is 13.5. The van der Waals surface area contributed by atoms with Crippen LogP contribution in [0, 0.1) is 6.92 Å². The smallest absolute Gasteiger partial charge is 0.0396 e. The van der Waals surface area contributed by atoms with Crippen LogP contribution in [0.3, 0.4) is 0 Å². The normalized spacial score (nSPS) is 12.5. The van der Waals surface area contributed by atoms with Crippen molar-refractivity contribution in [1.82, 2.24) is 5.32 Å². The summed E-state index contributed by atoms with van der Waals surface area (Å²) in [6, 6.07) is 7.34. The first-order valence-corrected chi connectivity index (χ1v) is 8.01. The van der Waals surface area contributed by atoms with E-state index in [1.807, 2.05) is 11.8 Å². The molecular weight excluding hydrogens is 240 g/mol. The van der Waals surface area contributed by atoms with Gasteiger partial charge in [0.25, 0.3) is 0 Å². The third-order valence-electron chi connectivity index (χ3n) is 3.29. The molecule has 0 aliphatic rings. The Morgan fingerprint density at radius 2 is 2.11 bits per heavy atom. The molecular formula is C15H26N2S. The number of hydrogen-bond acceptors (Lipinski definition) is 3. The van der Waals surface area contributed by atoms with Crippen molar-refractivity contribution in [3.8, 4) is 0 Å². The minimum absolute atomic E-state index is 0.568. The van der Waals surface area contributed by atoms with Crippen LogP contribution < -0.4 is 10.2 Å². The second-order valence-corrected chi connectivity index (χ2v) is 5.73. The second kappa shape index (κ2) is 7.70. The summed E-state index contributed by atoms with van der Waals surface area (Å²) in [5, 5.41) is 3.37. The van der Waals surface area contributed by atoms with E-state index in [4.69, 9.17) is 0 Å². The summed E-state index contributed by atoms with van der Waals surface area (Å²) >= 11 is 1.90. The van der Waals surface area contributed by atoms with E-state index in [2.05, 4.69) is 62.5 Å². The molecule has 0 amide bonds. The van der Waals surface area contributed by atoms with E-state index in [-0.39, 0.29) is 0 Å². The quantitative estimate of drug-likeness (QED) is 0.815. The molecule has 0 aliphatic carbocycles. The Balaban J connectivity index is 2.78. The molecule has 0 fully saturated rings. The van der Waals surface area contributed by atoms with Crippen molar-refractivity contribution < 1.29 is 0 Å². The van der Waals surface area contributed by atoms with Crippen molar-refractivity contribution in [2.75, 3.05) is 30.5 Å². The molecule has 0 radical (unpaired) electrons. The molecule has 1 aromatic carbocycles. The van der Waals surface area contributed by atoms with Crippen molar-refractivity contribution in [1.29, 1.82) is 0 Å². The molecule has 0 saturated heterocycles. The van der Waals surface area contributed by atoms with Gasteiger partial charge in [-0.05, 0) is 43.8 Å². The third-order valence-corrected chi connectivity index (χ3v) is 4.11. The lowest BCUT2D eigenvalue weighted by Gasteiger charge is -2.28. The molecule has 0 aromatic heterocycles. The van der Waals surface area contributed by atoms with E-state index in [1.165, 1.54) is 16.8 Å². The fraction of sp³-hybridized carbons (Fsp3) is 0.600. The first-order valence-electron chi connectivity index (χ1n) is 6.62. The molecule has 18 heavy (non-hydrogen) atoms. The van der Waals surface area contributed by atoms with Gasteiger partial charge in [0.05, 0.1) is 0 Å². The van der Waals surface area contributed by atoms with Crippen LogP contribution in [-0.4, -0.2) is 31.6 Å². The van der Waals surface area contributed by atoms with Gasteiger partial charge in [0, 0.05) is 31.1 Å². The number of hydrogen-bond donors (Lipinski definition) is 1. The molecule has 3 heteroatoms. The predicted molar refractivity (Wildman–Crippen MR) is 84.8 cm³/mol. The van der Waals surface area contributed by atoms with Gasteiger partial charge >= 0.3 is 0 Å². The molecule has 0 bridgehead atoms. The molecule has 0 heterocycles. The number of thioether (sulfide) groups is 1. The van der Waals surface area contributed by atoms with Crippen LogP contribution in [0.5, 0.6) is 0 Å². The van der Waals surface area contributed by atoms with Gasteiger partial charge in [0.15, 0.2) is 0 Å². The van der Waals surface area contributed by atoms with Crippen molar-refractivity contribution in [3.05, 3.63) is 29.3 Å². The first-order chi connectivity index (χ1) is 8.60. The van der Waals surface area contributed by atoms with Gasteiger partial charge in [-0.1, -0.05) is 19.1 Å². The first kappa shape index (κ1) is 15.4. The van der Waals surface area contributed by atoms with Gasteiger partial charge in [-0.3, -0.25) is 0 Å². The topological polar surface area (TPSA) is 15.3 Å².